The van der Waals surface area contributed by atoms with Crippen LogP contribution < -0.4 is 9.64 Å². The molecule has 0 bridgehead atoms. The quantitative estimate of drug-likeness (QED) is 0.829. The van der Waals surface area contributed by atoms with E-state index in [1.54, 1.807) is 30.3 Å². The Morgan fingerprint density at radius 3 is 2.71 bits per heavy atom. The van der Waals surface area contributed by atoms with Crippen molar-refractivity contribution in [3.8, 4) is 11.5 Å². The lowest BCUT2D eigenvalue weighted by Gasteiger charge is -2.13. The highest BCUT2D eigenvalue weighted by molar-refractivity contribution is 8.19. The molecule has 2 N–H and O–H groups in total. The Kier molecular flexibility index (Phi) is 4.57. The fourth-order valence-corrected chi connectivity index (χ4v) is 3.20. The largest absolute Gasteiger partial charge is 0.504 e. The molecule has 1 fully saturated rings. The lowest BCUT2D eigenvalue weighted by Crippen LogP contribution is -2.27. The van der Waals surface area contributed by atoms with Crippen molar-refractivity contribution in [2.45, 2.75) is 6.92 Å². The number of hydrogen-bond acceptors (Lipinski definition) is 5. The molecule has 0 aliphatic carbocycles. The van der Waals surface area contributed by atoms with Gasteiger partial charge in [0.1, 0.15) is 0 Å². The van der Waals surface area contributed by atoms with Gasteiger partial charge in [0.05, 0.1) is 17.2 Å². The minimum atomic E-state index is -0.234. The number of anilines is 1. The average Bonchev–Trinajstić information content (AvgIpc) is 2.85. The standard InChI is InChI=1S/C18H16N2O3S/c1-2-23-15-10-12(8-9-14(15)21)11-16-17(22)20(18(19)24-16)13-6-4-3-5-7-13/h3-11,19,21H,2H2,1H3/b16-11-,19-18?. The molecule has 0 spiro atoms. The van der Waals surface area contributed by atoms with Crippen LogP contribution in [0.15, 0.2) is 53.4 Å². The van der Waals surface area contributed by atoms with Crippen molar-refractivity contribution in [1.29, 1.82) is 5.41 Å². The number of amidine groups is 1. The lowest BCUT2D eigenvalue weighted by molar-refractivity contribution is -0.113. The third-order valence-electron chi connectivity index (χ3n) is 3.42. The number of phenols is 1. The number of hydrogen-bond donors (Lipinski definition) is 2. The zero-order valence-corrected chi connectivity index (χ0v) is 13.8. The van der Waals surface area contributed by atoms with E-state index in [1.165, 1.54) is 11.0 Å². The molecule has 2 aromatic carbocycles. The van der Waals surface area contributed by atoms with Gasteiger partial charge in [-0.2, -0.15) is 0 Å². The van der Waals surface area contributed by atoms with Crippen molar-refractivity contribution in [3.63, 3.8) is 0 Å². The summed E-state index contributed by atoms with van der Waals surface area (Å²) in [6, 6.07) is 14.0. The number of benzene rings is 2. The van der Waals surface area contributed by atoms with Crippen LogP contribution in [-0.2, 0) is 4.79 Å². The monoisotopic (exact) mass is 340 g/mol. The van der Waals surface area contributed by atoms with Crippen molar-refractivity contribution >= 4 is 34.6 Å². The number of carbonyl (C=O) groups is 1. The van der Waals surface area contributed by atoms with Crippen LogP contribution in [0.5, 0.6) is 11.5 Å². The third kappa shape index (κ3) is 3.14. The molecule has 0 aromatic heterocycles. The second kappa shape index (κ2) is 6.80. The van der Waals surface area contributed by atoms with E-state index in [4.69, 9.17) is 10.1 Å². The Labute approximate surface area is 144 Å². The molecule has 1 aliphatic heterocycles. The van der Waals surface area contributed by atoms with Crippen LogP contribution in [0.25, 0.3) is 6.08 Å². The second-order valence-corrected chi connectivity index (χ2v) is 6.08. The number of thioether (sulfide) groups is 1. The highest BCUT2D eigenvalue weighted by Crippen LogP contribution is 2.36. The highest BCUT2D eigenvalue weighted by Gasteiger charge is 2.33. The van der Waals surface area contributed by atoms with Crippen LogP contribution in [0.2, 0.25) is 0 Å². The minimum absolute atomic E-state index is 0.0584. The number of nitrogens with zero attached hydrogens (tertiary/aromatic N) is 1. The second-order valence-electron chi connectivity index (χ2n) is 5.05. The van der Waals surface area contributed by atoms with E-state index in [-0.39, 0.29) is 16.8 Å². The molecule has 1 aliphatic rings. The van der Waals surface area contributed by atoms with Crippen LogP contribution in [-0.4, -0.2) is 22.8 Å². The topological polar surface area (TPSA) is 73.6 Å². The molecule has 0 radical (unpaired) electrons. The number of rotatable bonds is 4. The van der Waals surface area contributed by atoms with E-state index in [0.717, 1.165) is 17.3 Å². The Morgan fingerprint density at radius 1 is 1.25 bits per heavy atom. The molecule has 24 heavy (non-hydrogen) atoms. The maximum atomic E-state index is 12.6. The highest BCUT2D eigenvalue weighted by atomic mass is 32.2. The van der Waals surface area contributed by atoms with Crippen LogP contribution >= 0.6 is 11.8 Å². The predicted octanol–water partition coefficient (Wildman–Crippen LogP) is 3.85. The zero-order valence-electron chi connectivity index (χ0n) is 13.0. The predicted molar refractivity (Wildman–Crippen MR) is 96.5 cm³/mol. The average molecular weight is 340 g/mol. The van der Waals surface area contributed by atoms with Crippen LogP contribution in [0.3, 0.4) is 0 Å². The molecule has 6 heteroatoms. The SMILES string of the molecule is CCOc1cc(/C=C2\SC(=N)N(c3ccccc3)C2=O)ccc1O. The number of aromatic hydroxyl groups is 1. The first-order valence-corrected chi connectivity index (χ1v) is 8.25. The number of para-hydroxylation sites is 1. The minimum Gasteiger partial charge on any atom is -0.504 e. The molecule has 122 valence electrons. The first-order chi connectivity index (χ1) is 11.6. The number of nitrogens with one attached hydrogen (secondary N) is 1. The summed E-state index contributed by atoms with van der Waals surface area (Å²) in [6.07, 6.45) is 1.70. The molecular weight excluding hydrogens is 324 g/mol. The Bertz CT molecular complexity index is 818. The molecule has 0 unspecified atom stereocenters. The first kappa shape index (κ1) is 16.1. The Morgan fingerprint density at radius 2 is 2.00 bits per heavy atom. The van der Waals surface area contributed by atoms with Crippen LogP contribution in [0.1, 0.15) is 12.5 Å². The van der Waals surface area contributed by atoms with E-state index in [9.17, 15) is 9.90 Å². The fraction of sp³-hybridized carbons (Fsp3) is 0.111. The van der Waals surface area contributed by atoms with E-state index >= 15 is 0 Å². The lowest BCUT2D eigenvalue weighted by atomic mass is 10.2. The van der Waals surface area contributed by atoms with Crippen molar-refractivity contribution in [2.24, 2.45) is 0 Å². The maximum Gasteiger partial charge on any atom is 0.271 e. The Balaban J connectivity index is 1.91. The number of carbonyl (C=O) groups excluding carboxylic acids is 1. The van der Waals surface area contributed by atoms with Crippen LogP contribution in [0.4, 0.5) is 5.69 Å². The molecule has 1 saturated heterocycles. The molecule has 2 aromatic rings. The molecular formula is C18H16N2O3S. The van der Waals surface area contributed by atoms with Gasteiger partial charge in [-0.3, -0.25) is 15.1 Å². The van der Waals surface area contributed by atoms with Gasteiger partial charge in [0.2, 0.25) is 0 Å². The Hall–Kier alpha value is -2.73. The van der Waals surface area contributed by atoms with Crippen LogP contribution in [0, 0.1) is 5.41 Å². The summed E-state index contributed by atoms with van der Waals surface area (Å²) in [4.78, 5) is 14.4. The molecule has 3 rings (SSSR count). The van der Waals surface area contributed by atoms with Gasteiger partial charge in [0, 0.05) is 0 Å². The molecule has 0 atom stereocenters. The van der Waals surface area contributed by atoms with Crippen molar-refractivity contribution in [2.75, 3.05) is 11.5 Å². The van der Waals surface area contributed by atoms with Gasteiger partial charge in [-0.1, -0.05) is 24.3 Å². The molecule has 1 amide bonds. The summed E-state index contributed by atoms with van der Waals surface area (Å²) in [7, 11) is 0. The zero-order chi connectivity index (χ0) is 17.1. The number of amides is 1. The smallest absolute Gasteiger partial charge is 0.271 e. The number of ether oxygens (including phenoxy) is 1. The summed E-state index contributed by atoms with van der Waals surface area (Å²) < 4.78 is 5.36. The van der Waals surface area contributed by atoms with Crippen molar-refractivity contribution < 1.29 is 14.6 Å². The normalized spacial score (nSPS) is 16.0. The summed E-state index contributed by atoms with van der Waals surface area (Å²) in [5.74, 6) is 0.197. The van der Waals surface area contributed by atoms with Gasteiger partial charge in [0.15, 0.2) is 16.7 Å². The molecule has 5 nitrogen and oxygen atoms in total. The van der Waals surface area contributed by atoms with Gasteiger partial charge < -0.3 is 9.84 Å². The summed E-state index contributed by atoms with van der Waals surface area (Å²) in [5.41, 5.74) is 1.40. The summed E-state index contributed by atoms with van der Waals surface area (Å²) >= 11 is 1.11. The molecule has 1 heterocycles. The van der Waals surface area contributed by atoms with Gasteiger partial charge in [-0.25, -0.2) is 0 Å². The van der Waals surface area contributed by atoms with E-state index < -0.39 is 0 Å². The van der Waals surface area contributed by atoms with Gasteiger partial charge >= 0.3 is 0 Å². The van der Waals surface area contributed by atoms with Gasteiger partial charge in [-0.05, 0) is 54.6 Å². The van der Waals surface area contributed by atoms with E-state index in [2.05, 4.69) is 0 Å². The first-order valence-electron chi connectivity index (χ1n) is 7.43. The fourth-order valence-electron chi connectivity index (χ4n) is 2.34. The summed E-state index contributed by atoms with van der Waals surface area (Å²) in [5, 5.41) is 18.0. The van der Waals surface area contributed by atoms with Crippen molar-refractivity contribution in [3.05, 3.63) is 59.0 Å². The third-order valence-corrected chi connectivity index (χ3v) is 4.31. The van der Waals surface area contributed by atoms with E-state index in [0.29, 0.717) is 22.9 Å². The van der Waals surface area contributed by atoms with E-state index in [1.807, 2.05) is 25.1 Å². The van der Waals surface area contributed by atoms with Gasteiger partial charge in [0.25, 0.3) is 5.91 Å². The molecule has 0 saturated carbocycles. The van der Waals surface area contributed by atoms with Crippen molar-refractivity contribution in [1.82, 2.24) is 0 Å². The maximum absolute atomic E-state index is 12.6. The number of phenolic OH excluding ortho intramolecular Hbond substituents is 1. The van der Waals surface area contributed by atoms with Gasteiger partial charge in [-0.15, -0.1) is 0 Å². The summed E-state index contributed by atoms with van der Waals surface area (Å²) in [6.45, 7) is 2.27.